The van der Waals surface area contributed by atoms with Crippen molar-refractivity contribution >= 4 is 34.7 Å². The lowest BCUT2D eigenvalue weighted by atomic mass is 9.73. The van der Waals surface area contributed by atoms with E-state index in [4.69, 9.17) is 11.6 Å². The van der Waals surface area contributed by atoms with Gasteiger partial charge in [0.2, 0.25) is 5.91 Å². The number of benzene rings is 2. The Morgan fingerprint density at radius 2 is 1.83 bits per heavy atom. The summed E-state index contributed by atoms with van der Waals surface area (Å²) >= 11 is 6.59. The maximum atomic E-state index is 13.4. The lowest BCUT2D eigenvalue weighted by Crippen LogP contribution is -2.39. The van der Waals surface area contributed by atoms with Crippen molar-refractivity contribution in [3.8, 4) is 0 Å². The predicted molar refractivity (Wildman–Crippen MR) is 117 cm³/mol. The first kappa shape index (κ1) is 19.7. The zero-order valence-corrected chi connectivity index (χ0v) is 17.7. The third kappa shape index (κ3) is 3.46. The number of nitrogens with one attached hydrogen (secondary N) is 1. The van der Waals surface area contributed by atoms with Crippen molar-refractivity contribution in [1.82, 2.24) is 0 Å². The summed E-state index contributed by atoms with van der Waals surface area (Å²) in [6.45, 7) is 6.05. The molecule has 0 aromatic heterocycles. The third-order valence-electron chi connectivity index (χ3n) is 5.67. The Hall–Kier alpha value is -2.59. The maximum Gasteiger partial charge on any atom is 0.227 e. The Balaban J connectivity index is 2.04. The number of carbonyl (C=O) groups is 2. The van der Waals surface area contributed by atoms with Crippen LogP contribution in [0.25, 0.3) is 0 Å². The van der Waals surface area contributed by atoms with Gasteiger partial charge in [-0.05, 0) is 35.6 Å². The first-order chi connectivity index (χ1) is 13.8. The zero-order chi connectivity index (χ0) is 20.8. The van der Waals surface area contributed by atoms with Gasteiger partial charge in [0.05, 0.1) is 17.4 Å². The molecule has 5 heteroatoms. The molecular formula is C24H25ClN2O2. The Morgan fingerprint density at radius 1 is 1.14 bits per heavy atom. The topological polar surface area (TPSA) is 49.4 Å². The second-order valence-corrected chi connectivity index (χ2v) is 8.92. The highest BCUT2D eigenvalue weighted by Crippen LogP contribution is 2.49. The van der Waals surface area contributed by atoms with Crippen LogP contribution in [0.2, 0.25) is 5.02 Å². The van der Waals surface area contributed by atoms with E-state index in [1.54, 1.807) is 4.90 Å². The van der Waals surface area contributed by atoms with Crippen LogP contribution in [-0.4, -0.2) is 11.7 Å². The van der Waals surface area contributed by atoms with Crippen LogP contribution in [0, 0.1) is 5.41 Å². The highest BCUT2D eigenvalue weighted by molar-refractivity contribution is 6.31. The lowest BCUT2D eigenvalue weighted by Gasteiger charge is -2.37. The van der Waals surface area contributed by atoms with Gasteiger partial charge in [0.15, 0.2) is 5.78 Å². The number of Topliss-reactive ketones (excluding diaryl/α,β-unsaturated/α-hetero) is 1. The molecule has 1 N–H and O–H groups in total. The summed E-state index contributed by atoms with van der Waals surface area (Å²) in [5.41, 5.74) is 3.76. The Morgan fingerprint density at radius 3 is 2.55 bits per heavy atom. The molecular weight excluding hydrogens is 384 g/mol. The minimum Gasteiger partial charge on any atom is -0.357 e. The van der Waals surface area contributed by atoms with Crippen LogP contribution < -0.4 is 10.2 Å². The number of allylic oxidation sites excluding steroid dienone is 1. The summed E-state index contributed by atoms with van der Waals surface area (Å²) in [7, 11) is 0. The summed E-state index contributed by atoms with van der Waals surface area (Å²) in [5, 5.41) is 4.05. The molecule has 2 aliphatic rings. The number of carbonyl (C=O) groups excluding carboxylic acids is 2. The normalized spacial score (nSPS) is 20.5. The first-order valence-corrected chi connectivity index (χ1v) is 10.4. The molecule has 150 valence electrons. The molecule has 0 unspecified atom stereocenters. The van der Waals surface area contributed by atoms with E-state index in [0.717, 1.165) is 29.1 Å². The van der Waals surface area contributed by atoms with Crippen LogP contribution >= 0.6 is 11.6 Å². The molecule has 4 nitrogen and oxygen atoms in total. The van der Waals surface area contributed by atoms with Gasteiger partial charge in [-0.1, -0.05) is 62.7 Å². The second-order valence-electron chi connectivity index (χ2n) is 8.52. The van der Waals surface area contributed by atoms with E-state index in [0.29, 0.717) is 23.4 Å². The molecule has 1 atom stereocenters. The fraction of sp³-hybridized carbons (Fsp3) is 0.333. The van der Waals surface area contributed by atoms with Gasteiger partial charge in [-0.2, -0.15) is 0 Å². The molecule has 0 fully saturated rings. The van der Waals surface area contributed by atoms with Gasteiger partial charge in [-0.15, -0.1) is 0 Å². The molecule has 0 bridgehead atoms. The fourth-order valence-corrected chi connectivity index (χ4v) is 4.66. The molecule has 2 aromatic carbocycles. The van der Waals surface area contributed by atoms with E-state index in [1.807, 2.05) is 55.5 Å². The molecule has 1 aliphatic heterocycles. The van der Waals surface area contributed by atoms with Crippen molar-refractivity contribution in [3.63, 3.8) is 0 Å². The zero-order valence-electron chi connectivity index (χ0n) is 17.0. The van der Waals surface area contributed by atoms with Gasteiger partial charge >= 0.3 is 0 Å². The number of hydrogen-bond acceptors (Lipinski definition) is 3. The molecule has 0 saturated heterocycles. The second kappa shape index (κ2) is 7.34. The summed E-state index contributed by atoms with van der Waals surface area (Å²) in [6.07, 6.45) is 1.51. The van der Waals surface area contributed by atoms with Crippen LogP contribution in [0.15, 0.2) is 59.8 Å². The van der Waals surface area contributed by atoms with E-state index in [9.17, 15) is 9.59 Å². The minimum absolute atomic E-state index is 0.0458. The predicted octanol–water partition coefficient (Wildman–Crippen LogP) is 5.89. The Bertz CT molecular complexity index is 1030. The highest BCUT2D eigenvalue weighted by Gasteiger charge is 2.43. The number of anilines is 2. The van der Waals surface area contributed by atoms with E-state index in [1.165, 1.54) is 0 Å². The summed E-state index contributed by atoms with van der Waals surface area (Å²) in [4.78, 5) is 28.4. The van der Waals surface area contributed by atoms with Gasteiger partial charge in [-0.25, -0.2) is 0 Å². The Kier molecular flexibility index (Phi) is 4.99. The lowest BCUT2D eigenvalue weighted by molar-refractivity contribution is -0.119. The van der Waals surface area contributed by atoms with E-state index in [2.05, 4.69) is 19.2 Å². The summed E-state index contributed by atoms with van der Waals surface area (Å²) in [6, 6.07) is 14.7. The van der Waals surface area contributed by atoms with Crippen LogP contribution in [0.1, 0.15) is 51.6 Å². The van der Waals surface area contributed by atoms with Crippen molar-refractivity contribution in [2.45, 2.75) is 46.1 Å². The van der Waals surface area contributed by atoms with Crippen LogP contribution in [0.3, 0.4) is 0 Å². The summed E-state index contributed by atoms with van der Waals surface area (Å²) in [5.74, 6) is 0.0194. The van der Waals surface area contributed by atoms with Gasteiger partial charge in [-0.3, -0.25) is 14.5 Å². The number of ketones is 1. The molecule has 29 heavy (non-hydrogen) atoms. The molecule has 0 radical (unpaired) electrons. The quantitative estimate of drug-likeness (QED) is 0.673. The van der Waals surface area contributed by atoms with E-state index >= 15 is 0 Å². The van der Waals surface area contributed by atoms with Gasteiger partial charge in [0.25, 0.3) is 0 Å². The van der Waals surface area contributed by atoms with Gasteiger partial charge in [0.1, 0.15) is 0 Å². The van der Waals surface area contributed by atoms with Crippen molar-refractivity contribution in [1.29, 1.82) is 0 Å². The average Bonchev–Trinajstić information content (AvgIpc) is 2.81. The molecule has 1 amide bonds. The largest absolute Gasteiger partial charge is 0.357 e. The molecule has 4 rings (SSSR count). The van der Waals surface area contributed by atoms with E-state index in [-0.39, 0.29) is 17.1 Å². The smallest absolute Gasteiger partial charge is 0.227 e. The number of fused-ring (bicyclic) bond motifs is 1. The third-order valence-corrected chi connectivity index (χ3v) is 6.02. The Labute approximate surface area is 176 Å². The number of hydrogen-bond donors (Lipinski definition) is 1. The number of amides is 1. The number of rotatable bonds is 2. The average molecular weight is 409 g/mol. The molecule has 1 heterocycles. The van der Waals surface area contributed by atoms with Crippen molar-refractivity contribution in [2.75, 3.05) is 10.2 Å². The molecule has 2 aromatic rings. The summed E-state index contributed by atoms with van der Waals surface area (Å²) < 4.78 is 0. The van der Waals surface area contributed by atoms with Crippen molar-refractivity contribution in [3.05, 3.63) is 70.4 Å². The number of para-hydroxylation sites is 2. The van der Waals surface area contributed by atoms with Crippen LogP contribution in [0.5, 0.6) is 0 Å². The van der Waals surface area contributed by atoms with Crippen LogP contribution in [0.4, 0.5) is 11.4 Å². The monoisotopic (exact) mass is 408 g/mol. The molecule has 0 saturated carbocycles. The van der Waals surface area contributed by atoms with Gasteiger partial charge < -0.3 is 5.32 Å². The first-order valence-electron chi connectivity index (χ1n) is 10.0. The molecule has 0 spiro atoms. The van der Waals surface area contributed by atoms with Crippen molar-refractivity contribution < 1.29 is 9.59 Å². The fourth-order valence-electron chi connectivity index (χ4n) is 4.42. The standard InChI is InChI=1S/C24H25ClN2O2/c1-4-21(29)27-19-12-8-7-11-17(19)26-18-13-24(2,3)14-20(28)22(18)23(27)15-9-5-6-10-16(15)25/h5-12,23,26H,4,13-14H2,1-3H3/t23-/m0/s1. The minimum atomic E-state index is -0.550. The highest BCUT2D eigenvalue weighted by atomic mass is 35.5. The van der Waals surface area contributed by atoms with E-state index < -0.39 is 6.04 Å². The van der Waals surface area contributed by atoms with Gasteiger partial charge in [0, 0.05) is 29.1 Å². The van der Waals surface area contributed by atoms with Crippen LogP contribution in [-0.2, 0) is 9.59 Å². The van der Waals surface area contributed by atoms with Crippen molar-refractivity contribution in [2.24, 2.45) is 5.41 Å². The number of nitrogens with zero attached hydrogens (tertiary/aromatic N) is 1. The maximum absolute atomic E-state index is 13.4. The number of halogens is 1. The SMILES string of the molecule is CCC(=O)N1c2ccccc2NC2=C(C(=O)CC(C)(C)C2)[C@@H]1c1ccccc1Cl. The molecule has 1 aliphatic carbocycles.